The van der Waals surface area contributed by atoms with Crippen molar-refractivity contribution in [1.29, 1.82) is 0 Å². The molecule has 0 fully saturated rings. The summed E-state index contributed by atoms with van der Waals surface area (Å²) < 4.78 is 16.1. The second-order valence-electron chi connectivity index (χ2n) is 9.26. The van der Waals surface area contributed by atoms with Gasteiger partial charge in [-0.25, -0.2) is 0 Å². The summed E-state index contributed by atoms with van der Waals surface area (Å²) in [5.74, 6) is 0. The van der Waals surface area contributed by atoms with Crippen LogP contribution in [0.15, 0.2) is 78.9 Å². The van der Waals surface area contributed by atoms with Crippen LogP contribution in [-0.2, 0) is 0 Å². The first-order chi connectivity index (χ1) is 15.2. The number of aryl methyl sites for hydroxylation is 3. The van der Waals surface area contributed by atoms with Crippen molar-refractivity contribution in [3.63, 3.8) is 0 Å². The van der Waals surface area contributed by atoms with E-state index in [9.17, 15) is 0 Å². The highest BCUT2D eigenvalue weighted by atomic mass is 28.4. The lowest BCUT2D eigenvalue weighted by atomic mass is 9.87. The molecule has 0 aliphatic heterocycles. The molecule has 0 saturated carbocycles. The van der Waals surface area contributed by atoms with Gasteiger partial charge in [-0.1, -0.05) is 78.9 Å². The second-order valence-corrected chi connectivity index (χ2v) is 12.7. The van der Waals surface area contributed by atoms with Crippen molar-refractivity contribution >= 4 is 13.6 Å². The van der Waals surface area contributed by atoms with Crippen molar-refractivity contribution in [2.45, 2.75) is 40.8 Å². The van der Waals surface area contributed by atoms with E-state index in [0.717, 1.165) is 27.4 Å². The summed E-state index contributed by atoms with van der Waals surface area (Å²) in [5, 5.41) is 0.897. The van der Waals surface area contributed by atoms with Gasteiger partial charge in [0.05, 0.1) is 0 Å². The molecule has 0 radical (unpaired) electrons. The standard InChI is InChI=1S/C30H31FSi/c1-20-12-10-13-21(2)28(20)26-16-11-17-27(30(26)32(5,6)31)29-22(3)18-19-25(23(29)4)24-14-8-7-9-15-24/h7-19H,1-6H3. The molecule has 4 rings (SSSR count). The van der Waals surface area contributed by atoms with Crippen LogP contribution < -0.4 is 5.19 Å². The van der Waals surface area contributed by atoms with Gasteiger partial charge >= 0.3 is 0 Å². The quantitative estimate of drug-likeness (QED) is 0.222. The summed E-state index contributed by atoms with van der Waals surface area (Å²) >= 11 is 0. The zero-order chi connectivity index (χ0) is 23.0. The zero-order valence-electron chi connectivity index (χ0n) is 19.9. The van der Waals surface area contributed by atoms with Gasteiger partial charge in [-0.2, -0.15) is 0 Å². The Bertz CT molecular complexity index is 1260. The van der Waals surface area contributed by atoms with E-state index in [1.54, 1.807) is 0 Å². The van der Waals surface area contributed by atoms with E-state index in [4.69, 9.17) is 0 Å². The van der Waals surface area contributed by atoms with E-state index in [2.05, 4.69) is 100 Å². The molecule has 0 unspecified atom stereocenters. The number of hydrogen-bond donors (Lipinski definition) is 0. The average molecular weight is 439 g/mol. The first-order valence-corrected chi connectivity index (χ1v) is 14.1. The van der Waals surface area contributed by atoms with Crippen LogP contribution in [0.25, 0.3) is 33.4 Å². The van der Waals surface area contributed by atoms with Crippen molar-refractivity contribution in [2.75, 3.05) is 0 Å². The summed E-state index contributed by atoms with van der Waals surface area (Å²) in [5.41, 5.74) is 11.6. The Morgan fingerprint density at radius 1 is 0.531 bits per heavy atom. The van der Waals surface area contributed by atoms with E-state index in [-0.39, 0.29) is 0 Å². The normalized spacial score (nSPS) is 11.6. The van der Waals surface area contributed by atoms with Crippen molar-refractivity contribution in [3.8, 4) is 33.4 Å². The first kappa shape index (κ1) is 22.2. The Hall–Kier alpha value is -2.97. The highest BCUT2D eigenvalue weighted by molar-refractivity contribution is 6.86. The summed E-state index contributed by atoms with van der Waals surface area (Å²) in [6, 6.07) is 27.5. The minimum atomic E-state index is -3.18. The molecule has 4 aromatic rings. The van der Waals surface area contributed by atoms with Crippen molar-refractivity contribution < 1.29 is 4.11 Å². The number of rotatable bonds is 4. The van der Waals surface area contributed by atoms with E-state index in [0.29, 0.717) is 0 Å². The molecule has 0 aliphatic rings. The molecule has 0 atom stereocenters. The molecule has 0 nitrogen and oxygen atoms in total. The van der Waals surface area contributed by atoms with Gasteiger partial charge in [0.15, 0.2) is 0 Å². The molecule has 0 bridgehead atoms. The van der Waals surface area contributed by atoms with Crippen LogP contribution in [0.5, 0.6) is 0 Å². The van der Waals surface area contributed by atoms with Gasteiger partial charge in [-0.3, -0.25) is 0 Å². The van der Waals surface area contributed by atoms with Crippen LogP contribution in [0.2, 0.25) is 13.1 Å². The maximum Gasteiger partial charge on any atom is 0.272 e. The van der Waals surface area contributed by atoms with Crippen LogP contribution in [-0.4, -0.2) is 8.41 Å². The molecule has 4 aromatic carbocycles. The van der Waals surface area contributed by atoms with Crippen LogP contribution in [0.4, 0.5) is 4.11 Å². The monoisotopic (exact) mass is 438 g/mol. The zero-order valence-corrected chi connectivity index (χ0v) is 20.9. The molecule has 0 amide bonds. The van der Waals surface area contributed by atoms with Crippen LogP contribution in [0.1, 0.15) is 22.3 Å². The lowest BCUT2D eigenvalue weighted by Crippen LogP contribution is -2.39. The first-order valence-electron chi connectivity index (χ1n) is 11.2. The predicted octanol–water partition coefficient (Wildman–Crippen LogP) is 8.30. The van der Waals surface area contributed by atoms with Crippen LogP contribution in [0.3, 0.4) is 0 Å². The molecular weight excluding hydrogens is 407 g/mol. The van der Waals surface area contributed by atoms with Crippen LogP contribution >= 0.6 is 0 Å². The molecule has 0 aromatic heterocycles. The SMILES string of the molecule is Cc1cccc(C)c1-c1cccc(-c2c(C)ccc(-c3ccccc3)c2C)c1[Si](C)(C)F. The molecule has 0 aliphatic carbocycles. The molecule has 32 heavy (non-hydrogen) atoms. The maximum absolute atomic E-state index is 16.1. The van der Waals surface area contributed by atoms with Gasteiger partial charge in [0.2, 0.25) is 0 Å². The van der Waals surface area contributed by atoms with Crippen molar-refractivity contribution in [3.05, 3.63) is 101 Å². The third-order valence-corrected chi connectivity index (χ3v) is 8.16. The molecule has 0 saturated heterocycles. The molecule has 162 valence electrons. The highest BCUT2D eigenvalue weighted by Gasteiger charge is 2.32. The van der Waals surface area contributed by atoms with Crippen molar-refractivity contribution in [2.24, 2.45) is 0 Å². The maximum atomic E-state index is 16.1. The van der Waals surface area contributed by atoms with Gasteiger partial charge in [0.1, 0.15) is 0 Å². The number of benzene rings is 4. The fourth-order valence-electron chi connectivity index (χ4n) is 5.04. The Labute approximate surface area is 193 Å². The summed E-state index contributed by atoms with van der Waals surface area (Å²) in [6.07, 6.45) is 0. The Morgan fingerprint density at radius 2 is 1.06 bits per heavy atom. The van der Waals surface area contributed by atoms with Crippen LogP contribution in [0, 0.1) is 27.7 Å². The molecule has 0 N–H and O–H groups in total. The summed E-state index contributed by atoms with van der Waals surface area (Å²) in [7, 11) is -3.18. The number of hydrogen-bond acceptors (Lipinski definition) is 0. The third-order valence-electron chi connectivity index (χ3n) is 6.44. The molecule has 0 heterocycles. The van der Waals surface area contributed by atoms with Gasteiger partial charge < -0.3 is 4.11 Å². The number of halogens is 1. The highest BCUT2D eigenvalue weighted by Crippen LogP contribution is 2.37. The molecular formula is C30H31FSi. The smallest absolute Gasteiger partial charge is 0.272 e. The topological polar surface area (TPSA) is 0 Å². The van der Waals surface area contributed by atoms with E-state index in [1.165, 1.54) is 33.4 Å². The minimum Gasteiger partial charge on any atom is -0.308 e. The second kappa shape index (κ2) is 8.52. The Kier molecular flexibility index (Phi) is 5.92. The van der Waals surface area contributed by atoms with E-state index >= 15 is 4.11 Å². The lowest BCUT2D eigenvalue weighted by Gasteiger charge is -2.26. The third kappa shape index (κ3) is 3.96. The molecule has 2 heteroatoms. The fraction of sp³-hybridized carbons (Fsp3) is 0.200. The van der Waals surface area contributed by atoms with Crippen molar-refractivity contribution in [1.82, 2.24) is 0 Å². The van der Waals surface area contributed by atoms with E-state index in [1.807, 2.05) is 19.2 Å². The Balaban J connectivity index is 2.07. The van der Waals surface area contributed by atoms with Gasteiger partial charge in [0.25, 0.3) is 8.41 Å². The average Bonchev–Trinajstić information content (AvgIpc) is 2.74. The minimum absolute atomic E-state index is 0.897. The van der Waals surface area contributed by atoms with Gasteiger partial charge in [-0.15, -0.1) is 0 Å². The van der Waals surface area contributed by atoms with E-state index < -0.39 is 8.41 Å². The molecule has 0 spiro atoms. The fourth-order valence-corrected chi connectivity index (χ4v) is 6.74. The lowest BCUT2D eigenvalue weighted by molar-refractivity contribution is 0.822. The van der Waals surface area contributed by atoms with Gasteiger partial charge in [0, 0.05) is 0 Å². The summed E-state index contributed by atoms with van der Waals surface area (Å²) in [6.45, 7) is 12.2. The predicted molar refractivity (Wildman–Crippen MR) is 140 cm³/mol. The Morgan fingerprint density at radius 3 is 1.66 bits per heavy atom. The summed E-state index contributed by atoms with van der Waals surface area (Å²) in [4.78, 5) is 0. The largest absolute Gasteiger partial charge is 0.308 e. The van der Waals surface area contributed by atoms with Gasteiger partial charge in [-0.05, 0) is 102 Å².